The monoisotopic (exact) mass is 135 g/mol. The largest absolute Gasteiger partial charge is 0.293 e. The van der Waals surface area contributed by atoms with Crippen LogP contribution < -0.4 is 5.32 Å². The van der Waals surface area contributed by atoms with Crippen LogP contribution in [0.5, 0.6) is 0 Å². The van der Waals surface area contributed by atoms with Crippen molar-refractivity contribution >= 4 is 0 Å². The molecular formula is C9H13N. The van der Waals surface area contributed by atoms with Gasteiger partial charge in [-0.2, -0.15) is 0 Å². The molecule has 0 rings (SSSR count). The Labute approximate surface area is 63.2 Å². The van der Waals surface area contributed by atoms with E-state index in [4.69, 9.17) is 6.42 Å². The molecule has 0 saturated carbocycles. The first kappa shape index (κ1) is 9.08. The molecule has 1 unspecified atom stereocenters. The Balaban J connectivity index is 3.44. The lowest BCUT2D eigenvalue weighted by atomic mass is 10.2. The molecule has 1 atom stereocenters. The van der Waals surface area contributed by atoms with Gasteiger partial charge >= 0.3 is 0 Å². The van der Waals surface area contributed by atoms with Gasteiger partial charge in [0.15, 0.2) is 0 Å². The fourth-order valence-electron chi connectivity index (χ4n) is 0.584. The van der Waals surface area contributed by atoms with E-state index in [1.54, 1.807) is 0 Å². The smallest absolute Gasteiger partial charge is 0.0691 e. The van der Waals surface area contributed by atoms with Gasteiger partial charge in [0.2, 0.25) is 0 Å². The molecule has 0 aliphatic carbocycles. The summed E-state index contributed by atoms with van der Waals surface area (Å²) in [4.78, 5) is 0. The minimum atomic E-state index is 0.181. The number of hydrogen-bond donors (Lipinski definition) is 1. The zero-order valence-corrected chi connectivity index (χ0v) is 6.57. The Morgan fingerprint density at radius 3 is 2.70 bits per heavy atom. The van der Waals surface area contributed by atoms with Crippen LogP contribution in [-0.2, 0) is 0 Å². The highest BCUT2D eigenvalue weighted by molar-refractivity contribution is 5.03. The van der Waals surface area contributed by atoms with E-state index in [0.29, 0.717) is 6.54 Å². The molecule has 0 saturated heterocycles. The molecule has 0 heterocycles. The summed E-state index contributed by atoms with van der Waals surface area (Å²) in [5, 5.41) is 3.11. The van der Waals surface area contributed by atoms with Crippen LogP contribution in [0, 0.1) is 24.2 Å². The molecule has 0 aromatic rings. The second-order valence-electron chi connectivity index (χ2n) is 1.94. The SMILES string of the molecule is C#CC(CC)NCC#CC. The third-order valence-corrected chi connectivity index (χ3v) is 1.22. The van der Waals surface area contributed by atoms with Crippen molar-refractivity contribution in [3.05, 3.63) is 0 Å². The highest BCUT2D eigenvalue weighted by atomic mass is 14.9. The summed E-state index contributed by atoms with van der Waals surface area (Å²) >= 11 is 0. The second-order valence-corrected chi connectivity index (χ2v) is 1.94. The Morgan fingerprint density at radius 1 is 1.60 bits per heavy atom. The molecule has 0 spiro atoms. The van der Waals surface area contributed by atoms with E-state index in [9.17, 15) is 0 Å². The fraction of sp³-hybridized carbons (Fsp3) is 0.556. The molecule has 0 aliphatic rings. The third kappa shape index (κ3) is 4.01. The van der Waals surface area contributed by atoms with Gasteiger partial charge in [0.1, 0.15) is 0 Å². The first-order valence-electron chi connectivity index (χ1n) is 3.44. The van der Waals surface area contributed by atoms with Crippen LogP contribution >= 0.6 is 0 Å². The van der Waals surface area contributed by atoms with Crippen LogP contribution in [0.15, 0.2) is 0 Å². The molecule has 0 amide bonds. The van der Waals surface area contributed by atoms with Crippen molar-refractivity contribution in [3.63, 3.8) is 0 Å². The number of terminal acetylenes is 1. The van der Waals surface area contributed by atoms with E-state index in [0.717, 1.165) is 6.42 Å². The first-order chi connectivity index (χ1) is 4.85. The average molecular weight is 135 g/mol. The van der Waals surface area contributed by atoms with Crippen LogP contribution in [0.25, 0.3) is 0 Å². The third-order valence-electron chi connectivity index (χ3n) is 1.22. The van der Waals surface area contributed by atoms with E-state index in [1.807, 2.05) is 6.92 Å². The molecule has 0 aromatic heterocycles. The standard InChI is InChI=1S/C9H13N/c1-4-7-8-10-9(5-2)6-3/h2,9-10H,6,8H2,1,3H3. The van der Waals surface area contributed by atoms with Gasteiger partial charge < -0.3 is 0 Å². The maximum absolute atomic E-state index is 5.20. The molecule has 54 valence electrons. The van der Waals surface area contributed by atoms with Crippen LogP contribution in [0.2, 0.25) is 0 Å². The van der Waals surface area contributed by atoms with Crippen LogP contribution in [-0.4, -0.2) is 12.6 Å². The Kier molecular flexibility index (Phi) is 5.63. The predicted octanol–water partition coefficient (Wildman–Crippen LogP) is 1.01. The molecule has 1 N–H and O–H groups in total. The normalized spacial score (nSPS) is 10.9. The van der Waals surface area contributed by atoms with E-state index in [2.05, 4.69) is 30.0 Å². The summed E-state index contributed by atoms with van der Waals surface area (Å²) in [6.07, 6.45) is 6.17. The molecule has 10 heavy (non-hydrogen) atoms. The average Bonchev–Trinajstić information content (AvgIpc) is 1.99. The van der Waals surface area contributed by atoms with Gasteiger partial charge in [-0.3, -0.25) is 5.32 Å². The molecule has 0 radical (unpaired) electrons. The number of rotatable bonds is 3. The Bertz CT molecular complexity index is 165. The lowest BCUT2D eigenvalue weighted by Crippen LogP contribution is -2.26. The maximum atomic E-state index is 5.20. The molecule has 0 aliphatic heterocycles. The maximum Gasteiger partial charge on any atom is 0.0691 e. The van der Waals surface area contributed by atoms with E-state index in [1.165, 1.54) is 0 Å². The van der Waals surface area contributed by atoms with Crippen LogP contribution in [0.3, 0.4) is 0 Å². The van der Waals surface area contributed by atoms with Gasteiger partial charge in [0.05, 0.1) is 12.6 Å². The van der Waals surface area contributed by atoms with Crippen molar-refractivity contribution in [2.24, 2.45) is 0 Å². The lowest BCUT2D eigenvalue weighted by molar-refractivity contribution is 0.639. The van der Waals surface area contributed by atoms with Gasteiger partial charge in [-0.1, -0.05) is 18.8 Å². The summed E-state index contributed by atoms with van der Waals surface area (Å²) in [5.41, 5.74) is 0. The zero-order valence-electron chi connectivity index (χ0n) is 6.57. The van der Waals surface area contributed by atoms with Gasteiger partial charge in [-0.15, -0.1) is 12.3 Å². The molecule has 1 heteroatoms. The highest BCUT2D eigenvalue weighted by Crippen LogP contribution is 1.85. The molecule has 0 aromatic carbocycles. The quantitative estimate of drug-likeness (QED) is 0.569. The minimum absolute atomic E-state index is 0.181. The van der Waals surface area contributed by atoms with E-state index in [-0.39, 0.29) is 6.04 Å². The van der Waals surface area contributed by atoms with Crippen LogP contribution in [0.1, 0.15) is 20.3 Å². The summed E-state index contributed by atoms with van der Waals surface area (Å²) in [7, 11) is 0. The van der Waals surface area contributed by atoms with Crippen molar-refractivity contribution in [2.75, 3.05) is 6.54 Å². The van der Waals surface area contributed by atoms with Gasteiger partial charge in [-0.25, -0.2) is 0 Å². The Morgan fingerprint density at radius 2 is 2.30 bits per heavy atom. The highest BCUT2D eigenvalue weighted by Gasteiger charge is 1.95. The van der Waals surface area contributed by atoms with E-state index >= 15 is 0 Å². The topological polar surface area (TPSA) is 12.0 Å². The lowest BCUT2D eigenvalue weighted by Gasteiger charge is -2.05. The van der Waals surface area contributed by atoms with Crippen molar-refractivity contribution in [1.82, 2.24) is 5.32 Å². The fourth-order valence-corrected chi connectivity index (χ4v) is 0.584. The van der Waals surface area contributed by atoms with Gasteiger partial charge in [0.25, 0.3) is 0 Å². The summed E-state index contributed by atoms with van der Waals surface area (Å²) in [5.74, 6) is 8.31. The van der Waals surface area contributed by atoms with E-state index < -0.39 is 0 Å². The van der Waals surface area contributed by atoms with Crippen molar-refractivity contribution in [1.29, 1.82) is 0 Å². The number of hydrogen-bond acceptors (Lipinski definition) is 1. The van der Waals surface area contributed by atoms with Crippen molar-refractivity contribution < 1.29 is 0 Å². The molecule has 0 bridgehead atoms. The van der Waals surface area contributed by atoms with Gasteiger partial charge in [-0.05, 0) is 13.3 Å². The zero-order chi connectivity index (χ0) is 7.82. The van der Waals surface area contributed by atoms with Crippen molar-refractivity contribution in [2.45, 2.75) is 26.3 Å². The molecule has 0 fully saturated rings. The second kappa shape index (κ2) is 6.20. The van der Waals surface area contributed by atoms with Crippen molar-refractivity contribution in [3.8, 4) is 24.2 Å². The minimum Gasteiger partial charge on any atom is -0.293 e. The number of nitrogens with one attached hydrogen (secondary N) is 1. The Hall–Kier alpha value is -0.920. The van der Waals surface area contributed by atoms with Crippen LogP contribution in [0.4, 0.5) is 0 Å². The molecule has 1 nitrogen and oxygen atoms in total. The summed E-state index contributed by atoms with van der Waals surface area (Å²) in [6.45, 7) is 4.56. The summed E-state index contributed by atoms with van der Waals surface area (Å²) < 4.78 is 0. The van der Waals surface area contributed by atoms with Gasteiger partial charge in [0, 0.05) is 0 Å². The first-order valence-corrected chi connectivity index (χ1v) is 3.44. The predicted molar refractivity (Wildman–Crippen MR) is 44.4 cm³/mol. The molecular weight excluding hydrogens is 122 g/mol. The summed E-state index contributed by atoms with van der Waals surface area (Å²) in [6, 6.07) is 0.181.